The van der Waals surface area contributed by atoms with Crippen molar-refractivity contribution in [3.63, 3.8) is 0 Å². The minimum atomic E-state index is -0.139. The van der Waals surface area contributed by atoms with Crippen LogP contribution in [0.1, 0.15) is 90.2 Å². The summed E-state index contributed by atoms with van der Waals surface area (Å²) in [5.74, 6) is 4.88. The van der Waals surface area contributed by atoms with Crippen molar-refractivity contribution in [2.75, 3.05) is 59.1 Å². The molecule has 13 heterocycles. The highest BCUT2D eigenvalue weighted by molar-refractivity contribution is 5.84. The lowest BCUT2D eigenvalue weighted by Gasteiger charge is -2.58. The molecule has 516 valence electrons. The number of hydrogen-bond acceptors (Lipinski definition) is 9. The van der Waals surface area contributed by atoms with Crippen LogP contribution in [-0.2, 0) is 33.8 Å². The quantitative estimate of drug-likeness (QED) is 0.0368. The van der Waals surface area contributed by atoms with E-state index in [0.29, 0.717) is 72.8 Å². The number of aromatic nitrogens is 6. The predicted molar refractivity (Wildman–Crippen MR) is 410 cm³/mol. The van der Waals surface area contributed by atoms with Gasteiger partial charge in [-0.3, -0.25) is 15.0 Å². The Balaban J connectivity index is 0.742. The first-order chi connectivity index (χ1) is 50.1. The lowest BCUT2D eigenvalue weighted by atomic mass is 9.71. The Labute approximate surface area is 602 Å². The molecule has 4 aromatic heterocycles. The molecule has 9 saturated heterocycles. The standard InChI is InChI=1S/C90H96N9O3/c1-7-49-100-85(76-37-43-91-79-22-16-13-19-73(76)79)82-52-70-40-46-97(82,58-64(70)10-4)55-61-25-31-67(32-26-61)88-94-89(68-33-27-62(28-34-68)56-98-47-41-71(65(11-5)59-98)53-83(98)86(101-50-8-2)77-38-44-92-80-23-17-14-20-74(77)80)96-90(95-88)69-35-29-63(30-36-69)57-99-48-42-72(66(12-6)60-99)54-84(99)87(102-51-9-3)78-39-45-93-81-24-18-15-21-75(78)81/h7-39,43-45,64-66,70-72,82-87H,1-6,40-42,46-60H2/q+3. The summed E-state index contributed by atoms with van der Waals surface area (Å²) in [6.45, 7) is 35.8. The van der Waals surface area contributed by atoms with Crippen molar-refractivity contribution in [2.24, 2.45) is 35.5 Å². The zero-order chi connectivity index (χ0) is 69.4. The smallest absolute Gasteiger partial charge is 0.164 e. The summed E-state index contributed by atoms with van der Waals surface area (Å²) in [7, 11) is 0. The minimum Gasteiger partial charge on any atom is -0.363 e. The van der Waals surface area contributed by atoms with E-state index in [4.69, 9.17) is 44.1 Å². The number of nitrogens with zero attached hydrogens (tertiary/aromatic N) is 9. The minimum absolute atomic E-state index is 0.139. The van der Waals surface area contributed by atoms with E-state index in [-0.39, 0.29) is 36.4 Å². The summed E-state index contributed by atoms with van der Waals surface area (Å²) >= 11 is 0. The van der Waals surface area contributed by atoms with Gasteiger partial charge in [-0.2, -0.15) is 0 Å². The molecule has 10 aromatic rings. The maximum atomic E-state index is 6.97. The van der Waals surface area contributed by atoms with Gasteiger partial charge in [-0.05, 0) is 70.8 Å². The van der Waals surface area contributed by atoms with Crippen LogP contribution >= 0.6 is 0 Å². The molecule has 0 spiro atoms. The first kappa shape index (κ1) is 67.3. The van der Waals surface area contributed by atoms with Crippen LogP contribution < -0.4 is 0 Å². The van der Waals surface area contributed by atoms with E-state index in [2.05, 4.69) is 221 Å². The number of fused-ring (bicyclic) bond motifs is 12. The number of benzene rings is 6. The van der Waals surface area contributed by atoms with Gasteiger partial charge in [0.2, 0.25) is 0 Å². The average Bonchev–Trinajstić information content (AvgIpc) is 0.742. The van der Waals surface area contributed by atoms with Gasteiger partial charge in [0.15, 0.2) is 17.5 Å². The van der Waals surface area contributed by atoms with Gasteiger partial charge in [0, 0.05) is 124 Å². The maximum Gasteiger partial charge on any atom is 0.164 e. The molecule has 15 atom stereocenters. The van der Waals surface area contributed by atoms with Gasteiger partial charge < -0.3 is 27.7 Å². The third-order valence-electron chi connectivity index (χ3n) is 25.0. The third kappa shape index (κ3) is 12.7. The number of hydrogen-bond donors (Lipinski definition) is 0. The first-order valence-corrected chi connectivity index (χ1v) is 37.3. The Morgan fingerprint density at radius 1 is 0.363 bits per heavy atom. The van der Waals surface area contributed by atoms with Crippen LogP contribution in [0, 0.1) is 35.5 Å². The van der Waals surface area contributed by atoms with Gasteiger partial charge in [0.1, 0.15) is 56.1 Å². The molecule has 15 unspecified atom stereocenters. The molecule has 12 nitrogen and oxygen atoms in total. The van der Waals surface area contributed by atoms with Crippen molar-refractivity contribution < 1.29 is 27.7 Å². The van der Waals surface area contributed by atoms with Crippen molar-refractivity contribution in [1.29, 1.82) is 0 Å². The Morgan fingerprint density at radius 3 is 0.922 bits per heavy atom. The van der Waals surface area contributed by atoms with Crippen LogP contribution in [0.5, 0.6) is 0 Å². The van der Waals surface area contributed by atoms with Crippen molar-refractivity contribution in [3.05, 3.63) is 292 Å². The molecule has 9 fully saturated rings. The summed E-state index contributed by atoms with van der Waals surface area (Å²) in [6.07, 6.45) is 24.4. The van der Waals surface area contributed by atoms with Crippen LogP contribution in [-0.4, -0.2) is 121 Å². The zero-order valence-corrected chi connectivity index (χ0v) is 58.9. The van der Waals surface area contributed by atoms with Crippen LogP contribution in [0.2, 0.25) is 0 Å². The average molecular weight is 1350 g/mol. The van der Waals surface area contributed by atoms with Crippen molar-refractivity contribution in [3.8, 4) is 34.2 Å². The fraction of sp³-hybridized carbons (Fsp3) is 0.333. The molecule has 0 amide bonds. The SMILES string of the molecule is C=CCOC(c1ccnc2ccccc12)C1CC2CC[N+]1(Cc1ccc(-c3nc(-c4ccc(C[N+]56CCC(CC5C(OCC=C)c5ccnc7ccccc57)C(C=C)C6)cc4)nc(-c4ccc(C[N+]56CCC(CC5C(OCC=C)c5ccnc7ccccc57)C(C=C)C6)cc4)n3)cc1)CC2C=C. The summed E-state index contributed by atoms with van der Waals surface area (Å²) < 4.78 is 23.7. The molecule has 6 bridgehead atoms. The molecular weight excluding hydrogens is 1260 g/mol. The van der Waals surface area contributed by atoms with Gasteiger partial charge >= 0.3 is 0 Å². The molecule has 19 rings (SSSR count). The van der Waals surface area contributed by atoms with Gasteiger partial charge in [-0.15, -0.1) is 39.5 Å². The molecule has 12 heteroatoms. The lowest BCUT2D eigenvalue weighted by molar-refractivity contribution is -0.985. The van der Waals surface area contributed by atoms with Gasteiger partial charge in [0.05, 0.1) is 75.6 Å². The molecule has 0 radical (unpaired) electrons. The van der Waals surface area contributed by atoms with Gasteiger partial charge in [-0.1, -0.05) is 164 Å². The maximum absolute atomic E-state index is 6.97. The predicted octanol–water partition coefficient (Wildman–Crippen LogP) is 18.1. The number of para-hydroxylation sites is 3. The van der Waals surface area contributed by atoms with Crippen LogP contribution in [0.15, 0.2) is 258 Å². The summed E-state index contributed by atoms with van der Waals surface area (Å²) in [6, 6.07) is 60.0. The molecular formula is C90H96N9O3+3. The number of pyridine rings is 3. The highest BCUT2D eigenvalue weighted by atomic mass is 16.5. The second-order valence-corrected chi connectivity index (χ2v) is 30.4. The van der Waals surface area contributed by atoms with Crippen molar-refractivity contribution >= 4 is 32.7 Å². The van der Waals surface area contributed by atoms with Crippen LogP contribution in [0.3, 0.4) is 0 Å². The Hall–Kier alpha value is -9.24. The van der Waals surface area contributed by atoms with E-state index in [9.17, 15) is 0 Å². The number of rotatable bonds is 27. The summed E-state index contributed by atoms with van der Waals surface area (Å²) in [5, 5.41) is 3.44. The lowest BCUT2D eigenvalue weighted by Crippen LogP contribution is -2.67. The van der Waals surface area contributed by atoms with Crippen molar-refractivity contribution in [2.45, 2.75) is 94.6 Å². The largest absolute Gasteiger partial charge is 0.363 e. The molecule has 0 aliphatic carbocycles. The normalized spacial score (nSPS) is 27.2. The number of quaternary nitrogens is 3. The van der Waals surface area contributed by atoms with E-state index < -0.39 is 0 Å². The monoisotopic (exact) mass is 1350 g/mol. The highest BCUT2D eigenvalue weighted by Gasteiger charge is 2.58. The third-order valence-corrected chi connectivity index (χ3v) is 25.0. The number of ether oxygens (including phenoxy) is 3. The van der Waals surface area contributed by atoms with Crippen molar-refractivity contribution in [1.82, 2.24) is 29.9 Å². The Morgan fingerprint density at radius 2 is 0.647 bits per heavy atom. The summed E-state index contributed by atoms with van der Waals surface area (Å²) in [4.78, 5) is 30.6. The first-order valence-electron chi connectivity index (χ1n) is 37.3. The fourth-order valence-electron chi connectivity index (χ4n) is 20.1. The second kappa shape index (κ2) is 28.9. The van der Waals surface area contributed by atoms with E-state index in [0.717, 1.165) is 160 Å². The molecule has 0 N–H and O–H groups in total. The Bertz CT molecular complexity index is 4250. The zero-order valence-electron chi connectivity index (χ0n) is 58.9. The van der Waals surface area contributed by atoms with E-state index >= 15 is 0 Å². The molecule has 9 aliphatic rings. The number of piperidine rings is 9. The molecule has 6 aromatic carbocycles. The molecule has 0 saturated carbocycles. The van der Waals surface area contributed by atoms with Crippen LogP contribution in [0.25, 0.3) is 66.9 Å². The summed E-state index contributed by atoms with van der Waals surface area (Å²) in [5.41, 5.74) is 13.2. The van der Waals surface area contributed by atoms with E-state index in [1.165, 1.54) is 33.4 Å². The Kier molecular flexibility index (Phi) is 19.0. The second-order valence-electron chi connectivity index (χ2n) is 30.4. The van der Waals surface area contributed by atoms with E-state index in [1.54, 1.807) is 0 Å². The van der Waals surface area contributed by atoms with E-state index in [1.807, 2.05) is 36.8 Å². The molecule has 9 aliphatic heterocycles. The van der Waals surface area contributed by atoms with Crippen LogP contribution in [0.4, 0.5) is 0 Å². The van der Waals surface area contributed by atoms with Gasteiger partial charge in [0.25, 0.3) is 0 Å². The highest BCUT2D eigenvalue weighted by Crippen LogP contribution is 2.53. The topological polar surface area (TPSA) is 105 Å². The molecule has 102 heavy (non-hydrogen) atoms. The fourth-order valence-corrected chi connectivity index (χ4v) is 20.1. The van der Waals surface area contributed by atoms with Gasteiger partial charge in [-0.25, -0.2) is 15.0 Å².